The first kappa shape index (κ1) is 11.5. The van der Waals surface area contributed by atoms with E-state index in [1.165, 1.54) is 19.2 Å². The average Bonchev–Trinajstić information content (AvgIpc) is 2.18. The third kappa shape index (κ3) is 2.92. The standard InChI is InChI=1S/C10H11FO4/c1-15-9-3-2-7(11)4-6(9)5-8(12)10(13)14/h2-4,8,12H,5H2,1H3,(H,13,14). The molecular weight excluding hydrogens is 203 g/mol. The first-order valence-corrected chi connectivity index (χ1v) is 4.28. The van der Waals surface area contributed by atoms with Gasteiger partial charge in [0.15, 0.2) is 6.10 Å². The highest BCUT2D eigenvalue weighted by molar-refractivity contribution is 5.72. The maximum Gasteiger partial charge on any atom is 0.332 e. The van der Waals surface area contributed by atoms with E-state index in [0.717, 1.165) is 6.07 Å². The van der Waals surface area contributed by atoms with Crippen LogP contribution < -0.4 is 4.74 Å². The molecule has 0 fully saturated rings. The van der Waals surface area contributed by atoms with Crippen molar-refractivity contribution in [1.29, 1.82) is 0 Å². The van der Waals surface area contributed by atoms with Gasteiger partial charge in [-0.3, -0.25) is 0 Å². The van der Waals surface area contributed by atoms with Gasteiger partial charge in [-0.15, -0.1) is 0 Å². The van der Waals surface area contributed by atoms with Crippen LogP contribution in [0.25, 0.3) is 0 Å². The molecule has 0 aliphatic heterocycles. The molecule has 82 valence electrons. The summed E-state index contributed by atoms with van der Waals surface area (Å²) in [5.41, 5.74) is 0.326. The number of aliphatic carboxylic acids is 1. The highest BCUT2D eigenvalue weighted by atomic mass is 19.1. The van der Waals surface area contributed by atoms with Gasteiger partial charge in [0, 0.05) is 12.0 Å². The lowest BCUT2D eigenvalue weighted by molar-refractivity contribution is -0.146. The molecule has 0 saturated heterocycles. The number of carboxylic acid groups (broad SMARTS) is 1. The topological polar surface area (TPSA) is 66.8 Å². The Bertz CT molecular complexity index is 364. The molecular formula is C10H11FO4. The first-order valence-electron chi connectivity index (χ1n) is 4.28. The van der Waals surface area contributed by atoms with Crippen LogP contribution in [0.15, 0.2) is 18.2 Å². The van der Waals surface area contributed by atoms with Gasteiger partial charge < -0.3 is 14.9 Å². The summed E-state index contributed by atoms with van der Waals surface area (Å²) in [6.07, 6.45) is -1.74. The normalized spacial score (nSPS) is 12.2. The van der Waals surface area contributed by atoms with Crippen LogP contribution in [0.5, 0.6) is 5.75 Å². The predicted molar refractivity (Wildman–Crippen MR) is 50.3 cm³/mol. The number of hydrogen-bond acceptors (Lipinski definition) is 3. The van der Waals surface area contributed by atoms with E-state index in [2.05, 4.69) is 0 Å². The Kier molecular flexibility index (Phi) is 3.62. The summed E-state index contributed by atoms with van der Waals surface area (Å²) in [4.78, 5) is 10.4. The third-order valence-corrected chi connectivity index (χ3v) is 1.94. The van der Waals surface area contributed by atoms with E-state index in [1.54, 1.807) is 0 Å². The lowest BCUT2D eigenvalue weighted by Gasteiger charge is -2.10. The average molecular weight is 214 g/mol. The second-order valence-electron chi connectivity index (χ2n) is 3.01. The maximum atomic E-state index is 12.9. The van der Waals surface area contributed by atoms with E-state index in [1.807, 2.05) is 0 Å². The van der Waals surface area contributed by atoms with Gasteiger partial charge in [-0.05, 0) is 18.2 Å². The molecule has 0 radical (unpaired) electrons. The van der Waals surface area contributed by atoms with Crippen molar-refractivity contribution in [3.63, 3.8) is 0 Å². The van der Waals surface area contributed by atoms with Crippen LogP contribution in [-0.4, -0.2) is 29.4 Å². The van der Waals surface area contributed by atoms with Gasteiger partial charge in [-0.25, -0.2) is 9.18 Å². The fourth-order valence-corrected chi connectivity index (χ4v) is 1.20. The zero-order valence-corrected chi connectivity index (χ0v) is 8.11. The Morgan fingerprint density at radius 2 is 2.27 bits per heavy atom. The molecule has 1 rings (SSSR count). The quantitative estimate of drug-likeness (QED) is 0.778. The van der Waals surface area contributed by atoms with Crippen LogP contribution in [0.2, 0.25) is 0 Å². The van der Waals surface area contributed by atoms with Gasteiger partial charge in [0.25, 0.3) is 0 Å². The van der Waals surface area contributed by atoms with Crippen molar-refractivity contribution in [2.24, 2.45) is 0 Å². The van der Waals surface area contributed by atoms with E-state index < -0.39 is 17.9 Å². The summed E-state index contributed by atoms with van der Waals surface area (Å²) in [6.45, 7) is 0. The molecule has 0 aliphatic carbocycles. The number of benzene rings is 1. The van der Waals surface area contributed by atoms with Crippen molar-refractivity contribution in [2.75, 3.05) is 7.11 Å². The van der Waals surface area contributed by atoms with E-state index in [9.17, 15) is 9.18 Å². The highest BCUT2D eigenvalue weighted by Gasteiger charge is 2.16. The summed E-state index contributed by atoms with van der Waals surface area (Å²) in [6, 6.07) is 3.74. The molecule has 0 aromatic heterocycles. The van der Waals surface area contributed by atoms with Crippen molar-refractivity contribution in [3.8, 4) is 5.75 Å². The van der Waals surface area contributed by atoms with Crippen LogP contribution in [0.1, 0.15) is 5.56 Å². The number of hydrogen-bond donors (Lipinski definition) is 2. The number of aliphatic hydroxyl groups is 1. The molecule has 1 unspecified atom stereocenters. The lowest BCUT2D eigenvalue weighted by atomic mass is 10.1. The summed E-state index contributed by atoms with van der Waals surface area (Å²) >= 11 is 0. The smallest absolute Gasteiger partial charge is 0.332 e. The van der Waals surface area contributed by atoms with Gasteiger partial charge in [0.05, 0.1) is 7.11 Å². The number of carboxylic acids is 1. The Hall–Kier alpha value is -1.62. The van der Waals surface area contributed by atoms with Crippen molar-refractivity contribution in [2.45, 2.75) is 12.5 Å². The maximum absolute atomic E-state index is 12.9. The number of halogens is 1. The van der Waals surface area contributed by atoms with E-state index >= 15 is 0 Å². The van der Waals surface area contributed by atoms with Crippen LogP contribution >= 0.6 is 0 Å². The van der Waals surface area contributed by atoms with Gasteiger partial charge >= 0.3 is 5.97 Å². The first-order chi connectivity index (χ1) is 7.04. The fraction of sp³-hybridized carbons (Fsp3) is 0.300. The van der Waals surface area contributed by atoms with Gasteiger partial charge in [0.1, 0.15) is 11.6 Å². The van der Waals surface area contributed by atoms with E-state index in [0.29, 0.717) is 11.3 Å². The molecule has 0 heterocycles. The molecule has 5 heteroatoms. The summed E-state index contributed by atoms with van der Waals surface area (Å²) in [5.74, 6) is -1.48. The second-order valence-corrected chi connectivity index (χ2v) is 3.01. The van der Waals surface area contributed by atoms with Crippen LogP contribution in [0.3, 0.4) is 0 Å². The third-order valence-electron chi connectivity index (χ3n) is 1.94. The van der Waals surface area contributed by atoms with Crippen molar-refractivity contribution < 1.29 is 24.1 Å². The molecule has 2 N–H and O–H groups in total. The van der Waals surface area contributed by atoms with Gasteiger partial charge in [-0.2, -0.15) is 0 Å². The minimum absolute atomic E-state index is 0.184. The Balaban J connectivity index is 2.91. The number of carbonyl (C=O) groups is 1. The SMILES string of the molecule is COc1ccc(F)cc1CC(O)C(=O)O. The molecule has 1 aromatic rings. The number of methoxy groups -OCH3 is 1. The fourth-order valence-electron chi connectivity index (χ4n) is 1.20. The molecule has 1 aromatic carbocycles. The zero-order valence-electron chi connectivity index (χ0n) is 8.11. The van der Waals surface area contributed by atoms with Gasteiger partial charge in [-0.1, -0.05) is 0 Å². The predicted octanol–water partition coefficient (Wildman–Crippen LogP) is 0.822. The minimum Gasteiger partial charge on any atom is -0.496 e. The molecule has 0 amide bonds. The van der Waals surface area contributed by atoms with Crippen LogP contribution in [-0.2, 0) is 11.2 Å². The zero-order chi connectivity index (χ0) is 11.4. The molecule has 4 nitrogen and oxygen atoms in total. The molecule has 0 saturated carbocycles. The minimum atomic E-state index is -1.55. The van der Waals surface area contributed by atoms with Crippen LogP contribution in [0.4, 0.5) is 4.39 Å². The molecule has 0 bridgehead atoms. The highest BCUT2D eigenvalue weighted by Crippen LogP contribution is 2.20. The second kappa shape index (κ2) is 4.75. The summed E-state index contributed by atoms with van der Waals surface area (Å²) in [7, 11) is 1.39. The summed E-state index contributed by atoms with van der Waals surface area (Å²) in [5, 5.41) is 17.6. The van der Waals surface area contributed by atoms with E-state index in [-0.39, 0.29) is 6.42 Å². The summed E-state index contributed by atoms with van der Waals surface area (Å²) < 4.78 is 17.8. The van der Waals surface area contributed by atoms with Crippen molar-refractivity contribution in [1.82, 2.24) is 0 Å². The molecule has 1 atom stereocenters. The van der Waals surface area contributed by atoms with Crippen LogP contribution in [0, 0.1) is 5.82 Å². The van der Waals surface area contributed by atoms with Crippen molar-refractivity contribution in [3.05, 3.63) is 29.6 Å². The monoisotopic (exact) mass is 214 g/mol. The van der Waals surface area contributed by atoms with Gasteiger partial charge in [0.2, 0.25) is 0 Å². The number of aliphatic hydroxyl groups excluding tert-OH is 1. The van der Waals surface area contributed by atoms with Crippen molar-refractivity contribution >= 4 is 5.97 Å². The number of rotatable bonds is 4. The molecule has 0 aliphatic rings. The Labute approximate surface area is 85.9 Å². The van der Waals surface area contributed by atoms with E-state index in [4.69, 9.17) is 14.9 Å². The Morgan fingerprint density at radius 1 is 1.60 bits per heavy atom. The Morgan fingerprint density at radius 3 is 2.80 bits per heavy atom. The molecule has 15 heavy (non-hydrogen) atoms. The lowest BCUT2D eigenvalue weighted by Crippen LogP contribution is -2.22. The largest absolute Gasteiger partial charge is 0.496 e. The number of ether oxygens (including phenoxy) is 1. The molecule has 0 spiro atoms.